The van der Waals surface area contributed by atoms with Crippen molar-refractivity contribution >= 4 is 10.9 Å². The monoisotopic (exact) mass is 276 g/mol. The van der Waals surface area contributed by atoms with Gasteiger partial charge in [-0.3, -0.25) is 4.90 Å². The first-order chi connectivity index (χ1) is 10.3. The zero-order valence-corrected chi connectivity index (χ0v) is 12.5. The van der Waals surface area contributed by atoms with Gasteiger partial charge in [0.25, 0.3) is 0 Å². The van der Waals surface area contributed by atoms with Crippen LogP contribution in [0.5, 0.6) is 0 Å². The van der Waals surface area contributed by atoms with Crippen LogP contribution in [0.2, 0.25) is 0 Å². The quantitative estimate of drug-likeness (QED) is 0.708. The van der Waals surface area contributed by atoms with Gasteiger partial charge < -0.3 is 4.98 Å². The Hall–Kier alpha value is -2.06. The van der Waals surface area contributed by atoms with Gasteiger partial charge in [-0.05, 0) is 31.2 Å². The van der Waals surface area contributed by atoms with Crippen molar-refractivity contribution in [3.05, 3.63) is 71.4 Å². The fraction of sp³-hybridized carbons (Fsp3) is 0.263. The fourth-order valence-corrected chi connectivity index (χ4v) is 3.65. The van der Waals surface area contributed by atoms with Crippen molar-refractivity contribution in [3.63, 3.8) is 0 Å². The summed E-state index contributed by atoms with van der Waals surface area (Å²) in [5.74, 6) is 0.410. The minimum atomic E-state index is 0.410. The number of fused-ring (bicyclic) bond motifs is 3. The smallest absolute Gasteiger partial charge is 0.0459 e. The third-order valence-electron chi connectivity index (χ3n) is 4.90. The molecule has 1 N–H and O–H groups in total. The molecule has 3 aromatic rings. The molecule has 2 nitrogen and oxygen atoms in total. The van der Waals surface area contributed by atoms with Crippen LogP contribution < -0.4 is 0 Å². The standard InChI is InChI=1S/C19H20N2/c1-13-18(14-8-4-3-5-9-14)19-16(12-21(13)2)15-10-6-7-11-17(15)20-19/h3-11,13,18,20H,12H2,1-2H3/t13-,18-/m0/s1. The van der Waals surface area contributed by atoms with Gasteiger partial charge in [0.05, 0.1) is 0 Å². The summed E-state index contributed by atoms with van der Waals surface area (Å²) in [4.78, 5) is 6.15. The van der Waals surface area contributed by atoms with Gasteiger partial charge in [-0.15, -0.1) is 0 Å². The molecule has 21 heavy (non-hydrogen) atoms. The van der Waals surface area contributed by atoms with Gasteiger partial charge in [0.15, 0.2) is 0 Å². The van der Waals surface area contributed by atoms with Crippen LogP contribution in [0, 0.1) is 0 Å². The van der Waals surface area contributed by atoms with Gasteiger partial charge in [0.2, 0.25) is 0 Å². The number of benzene rings is 2. The molecule has 0 bridgehead atoms. The highest BCUT2D eigenvalue weighted by molar-refractivity contribution is 5.85. The Morgan fingerprint density at radius 2 is 1.71 bits per heavy atom. The molecule has 0 fully saturated rings. The second-order valence-electron chi connectivity index (χ2n) is 6.11. The Labute approximate surface area is 125 Å². The minimum absolute atomic E-state index is 0.410. The molecule has 0 aliphatic carbocycles. The number of aromatic amines is 1. The first-order valence-electron chi connectivity index (χ1n) is 7.60. The number of hydrogen-bond acceptors (Lipinski definition) is 1. The molecule has 0 saturated carbocycles. The van der Waals surface area contributed by atoms with Gasteiger partial charge in [0.1, 0.15) is 0 Å². The van der Waals surface area contributed by atoms with Gasteiger partial charge >= 0.3 is 0 Å². The Morgan fingerprint density at radius 3 is 2.52 bits per heavy atom. The Bertz CT molecular complexity index is 773. The maximum absolute atomic E-state index is 3.69. The third-order valence-corrected chi connectivity index (χ3v) is 4.90. The van der Waals surface area contributed by atoms with E-state index < -0.39 is 0 Å². The fourth-order valence-electron chi connectivity index (χ4n) is 3.65. The van der Waals surface area contributed by atoms with Gasteiger partial charge in [-0.25, -0.2) is 0 Å². The van der Waals surface area contributed by atoms with Crippen LogP contribution in [0.1, 0.15) is 29.7 Å². The predicted molar refractivity (Wildman–Crippen MR) is 87.5 cm³/mol. The Balaban J connectivity index is 1.96. The molecule has 0 amide bonds. The number of rotatable bonds is 1. The van der Waals surface area contributed by atoms with Crippen LogP contribution in [0.25, 0.3) is 10.9 Å². The SMILES string of the molecule is C[C@H]1[C@@H](c2ccccc2)c2[nH]c3ccccc3c2CN1C. The van der Waals surface area contributed by atoms with Crippen molar-refractivity contribution in [3.8, 4) is 0 Å². The van der Waals surface area contributed by atoms with Crippen LogP contribution >= 0.6 is 0 Å². The van der Waals surface area contributed by atoms with Gasteiger partial charge in [-0.1, -0.05) is 48.5 Å². The lowest BCUT2D eigenvalue weighted by Gasteiger charge is -2.37. The van der Waals surface area contributed by atoms with Crippen LogP contribution in [-0.4, -0.2) is 23.0 Å². The van der Waals surface area contributed by atoms with E-state index in [0.717, 1.165) is 6.54 Å². The van der Waals surface area contributed by atoms with E-state index in [-0.39, 0.29) is 0 Å². The van der Waals surface area contributed by atoms with Crippen LogP contribution in [0.15, 0.2) is 54.6 Å². The van der Waals surface area contributed by atoms with E-state index in [1.807, 2.05) is 0 Å². The highest BCUT2D eigenvalue weighted by Gasteiger charge is 2.33. The number of nitrogens with one attached hydrogen (secondary N) is 1. The number of likely N-dealkylation sites (N-methyl/N-ethyl adjacent to an activating group) is 1. The second kappa shape index (κ2) is 4.74. The van der Waals surface area contributed by atoms with E-state index in [2.05, 4.69) is 78.5 Å². The van der Waals surface area contributed by atoms with Crippen molar-refractivity contribution in [1.82, 2.24) is 9.88 Å². The molecule has 0 spiro atoms. The van der Waals surface area contributed by atoms with Gasteiger partial charge in [0, 0.05) is 35.1 Å². The lowest BCUT2D eigenvalue weighted by atomic mass is 9.83. The number of aromatic nitrogens is 1. The zero-order chi connectivity index (χ0) is 14.4. The van der Waals surface area contributed by atoms with E-state index in [0.29, 0.717) is 12.0 Å². The summed E-state index contributed by atoms with van der Waals surface area (Å²) in [6.07, 6.45) is 0. The van der Waals surface area contributed by atoms with E-state index in [4.69, 9.17) is 0 Å². The summed E-state index contributed by atoms with van der Waals surface area (Å²) in [6, 6.07) is 20.0. The number of nitrogens with zero attached hydrogens (tertiary/aromatic N) is 1. The van der Waals surface area contributed by atoms with E-state index in [1.165, 1.54) is 27.7 Å². The first kappa shape index (κ1) is 12.7. The maximum atomic E-state index is 3.69. The summed E-state index contributed by atoms with van der Waals surface area (Å²) in [7, 11) is 2.23. The van der Waals surface area contributed by atoms with Crippen molar-refractivity contribution < 1.29 is 0 Å². The maximum Gasteiger partial charge on any atom is 0.0459 e. The summed E-state index contributed by atoms with van der Waals surface area (Å²) >= 11 is 0. The molecule has 2 heteroatoms. The molecule has 0 unspecified atom stereocenters. The summed E-state index contributed by atoms with van der Waals surface area (Å²) < 4.78 is 0. The molecular weight excluding hydrogens is 256 g/mol. The Morgan fingerprint density at radius 1 is 1.00 bits per heavy atom. The van der Waals surface area contributed by atoms with Crippen LogP contribution in [-0.2, 0) is 6.54 Å². The summed E-state index contributed by atoms with van der Waals surface area (Å²) in [5, 5.41) is 1.37. The van der Waals surface area contributed by atoms with Crippen molar-refractivity contribution in [2.45, 2.75) is 25.4 Å². The molecule has 1 aromatic heterocycles. The first-order valence-corrected chi connectivity index (χ1v) is 7.60. The number of hydrogen-bond donors (Lipinski definition) is 1. The number of H-pyrrole nitrogens is 1. The van der Waals surface area contributed by atoms with Gasteiger partial charge in [-0.2, -0.15) is 0 Å². The molecule has 1 aliphatic rings. The lowest BCUT2D eigenvalue weighted by molar-refractivity contribution is 0.211. The second-order valence-corrected chi connectivity index (χ2v) is 6.11. The molecule has 1 aliphatic heterocycles. The minimum Gasteiger partial charge on any atom is -0.358 e. The largest absolute Gasteiger partial charge is 0.358 e. The van der Waals surface area contributed by atoms with Crippen molar-refractivity contribution in [2.24, 2.45) is 0 Å². The van der Waals surface area contributed by atoms with Crippen molar-refractivity contribution in [2.75, 3.05) is 7.05 Å². The van der Waals surface area contributed by atoms with Crippen LogP contribution in [0.4, 0.5) is 0 Å². The summed E-state index contributed by atoms with van der Waals surface area (Å²) in [6.45, 7) is 3.34. The Kier molecular flexibility index (Phi) is 2.86. The normalized spacial score (nSPS) is 22.4. The number of para-hydroxylation sites is 1. The molecule has 2 atom stereocenters. The predicted octanol–water partition coefficient (Wildman–Crippen LogP) is 4.13. The average Bonchev–Trinajstić information content (AvgIpc) is 2.87. The molecular formula is C19H20N2. The molecule has 2 heterocycles. The third kappa shape index (κ3) is 1.90. The molecule has 4 rings (SSSR count). The zero-order valence-electron chi connectivity index (χ0n) is 12.5. The highest BCUT2D eigenvalue weighted by atomic mass is 15.1. The van der Waals surface area contributed by atoms with E-state index in [1.54, 1.807) is 0 Å². The molecule has 0 radical (unpaired) electrons. The lowest BCUT2D eigenvalue weighted by Crippen LogP contribution is -2.39. The topological polar surface area (TPSA) is 19.0 Å². The van der Waals surface area contributed by atoms with Crippen LogP contribution in [0.3, 0.4) is 0 Å². The average molecular weight is 276 g/mol. The highest BCUT2D eigenvalue weighted by Crippen LogP contribution is 2.40. The molecule has 0 saturated heterocycles. The van der Waals surface area contributed by atoms with E-state index in [9.17, 15) is 0 Å². The molecule has 106 valence electrons. The van der Waals surface area contributed by atoms with E-state index >= 15 is 0 Å². The molecule has 2 aromatic carbocycles. The summed E-state index contributed by atoms with van der Waals surface area (Å²) in [5.41, 5.74) is 5.50. The van der Waals surface area contributed by atoms with Crippen molar-refractivity contribution in [1.29, 1.82) is 0 Å².